The lowest BCUT2D eigenvalue weighted by atomic mass is 10.1. The summed E-state index contributed by atoms with van der Waals surface area (Å²) in [5.41, 5.74) is 0.855. The second-order valence-corrected chi connectivity index (χ2v) is 6.95. The second-order valence-electron chi connectivity index (χ2n) is 6.95. The number of nitrogens with one attached hydrogen (secondary N) is 1. The van der Waals surface area contributed by atoms with Gasteiger partial charge in [0.2, 0.25) is 12.1 Å². The summed E-state index contributed by atoms with van der Waals surface area (Å²) in [5, 5.41) is 13.9. The molecule has 1 atom stereocenters. The Morgan fingerprint density at radius 2 is 1.81 bits per heavy atom. The molecule has 0 aliphatic heterocycles. The molecule has 0 fully saturated rings. The van der Waals surface area contributed by atoms with Crippen LogP contribution in [0.15, 0.2) is 67.0 Å². The Labute approximate surface area is 184 Å². The van der Waals surface area contributed by atoms with Gasteiger partial charge in [-0.05, 0) is 24.6 Å². The average molecular weight is 435 g/mol. The van der Waals surface area contributed by atoms with Crippen molar-refractivity contribution in [2.75, 3.05) is 23.8 Å². The highest BCUT2D eigenvalue weighted by Crippen LogP contribution is 2.27. The van der Waals surface area contributed by atoms with Gasteiger partial charge in [-0.3, -0.25) is 19.7 Å². The number of carbonyl (C=O) groups is 2. The highest BCUT2D eigenvalue weighted by molar-refractivity contribution is 5.98. The molecule has 1 N–H and O–H groups in total. The molecule has 164 valence electrons. The number of ether oxygens (including phenoxy) is 1. The number of amides is 1. The van der Waals surface area contributed by atoms with E-state index in [9.17, 15) is 19.7 Å². The lowest BCUT2D eigenvalue weighted by Crippen LogP contribution is -2.32. The summed E-state index contributed by atoms with van der Waals surface area (Å²) in [7, 11) is 1.61. The van der Waals surface area contributed by atoms with Gasteiger partial charge in [0.05, 0.1) is 4.92 Å². The number of nitrogens with zero attached hydrogens (tertiary/aromatic N) is 4. The van der Waals surface area contributed by atoms with Crippen LogP contribution < -0.4 is 10.2 Å². The van der Waals surface area contributed by atoms with Gasteiger partial charge in [-0.1, -0.05) is 36.4 Å². The number of nitro benzene ring substituents is 1. The van der Waals surface area contributed by atoms with E-state index in [-0.39, 0.29) is 17.9 Å². The molecule has 0 bridgehead atoms. The van der Waals surface area contributed by atoms with E-state index < -0.39 is 22.9 Å². The third kappa shape index (κ3) is 5.63. The summed E-state index contributed by atoms with van der Waals surface area (Å²) in [6.45, 7) is 1.51. The molecule has 1 unspecified atom stereocenters. The van der Waals surface area contributed by atoms with Crippen LogP contribution in [0.3, 0.4) is 0 Å². The molecule has 0 saturated heterocycles. The number of rotatable bonds is 8. The number of nitro groups is 1. The largest absolute Gasteiger partial charge is 0.446 e. The third-order valence-corrected chi connectivity index (χ3v) is 4.46. The molecule has 32 heavy (non-hydrogen) atoms. The summed E-state index contributed by atoms with van der Waals surface area (Å²) in [6, 6.07) is 14.5. The molecule has 3 rings (SSSR count). The molecule has 1 aromatic heterocycles. The van der Waals surface area contributed by atoms with Gasteiger partial charge in [0.15, 0.2) is 0 Å². The van der Waals surface area contributed by atoms with E-state index in [2.05, 4.69) is 15.3 Å². The molecule has 3 aromatic rings. The first-order chi connectivity index (χ1) is 15.3. The Morgan fingerprint density at radius 3 is 2.47 bits per heavy atom. The van der Waals surface area contributed by atoms with Crippen molar-refractivity contribution in [1.82, 2.24) is 9.97 Å². The zero-order chi connectivity index (χ0) is 23.1. The highest BCUT2D eigenvalue weighted by atomic mass is 16.6. The zero-order valence-corrected chi connectivity index (χ0v) is 17.5. The number of anilines is 2. The van der Waals surface area contributed by atoms with Crippen LogP contribution in [0.1, 0.15) is 17.2 Å². The van der Waals surface area contributed by atoms with Crippen molar-refractivity contribution in [2.45, 2.75) is 13.0 Å². The number of aromatic nitrogens is 2. The first kappa shape index (κ1) is 22.3. The van der Waals surface area contributed by atoms with E-state index in [1.807, 2.05) is 0 Å². The number of hydrogen-bond acceptors (Lipinski definition) is 8. The molecular formula is C22H21N5O5. The summed E-state index contributed by atoms with van der Waals surface area (Å²) in [4.78, 5) is 46.0. The fraction of sp³-hybridized carbons (Fsp3) is 0.182. The maximum absolute atomic E-state index is 13.0. The van der Waals surface area contributed by atoms with Gasteiger partial charge in [-0.15, -0.1) is 0 Å². The lowest BCUT2D eigenvalue weighted by Gasteiger charge is -2.21. The average Bonchev–Trinajstić information content (AvgIpc) is 2.79. The van der Waals surface area contributed by atoms with Crippen molar-refractivity contribution in [3.05, 3.63) is 88.2 Å². The van der Waals surface area contributed by atoms with E-state index in [4.69, 9.17) is 4.74 Å². The Hall–Kier alpha value is -4.34. The normalized spacial score (nSPS) is 11.3. The molecular weight excluding hydrogens is 414 g/mol. The van der Waals surface area contributed by atoms with Crippen molar-refractivity contribution >= 4 is 29.2 Å². The smallest absolute Gasteiger partial charge is 0.326 e. The van der Waals surface area contributed by atoms with Crippen LogP contribution in [0.2, 0.25) is 0 Å². The van der Waals surface area contributed by atoms with Gasteiger partial charge >= 0.3 is 5.97 Å². The van der Waals surface area contributed by atoms with E-state index in [0.29, 0.717) is 17.1 Å². The molecule has 1 amide bonds. The highest BCUT2D eigenvalue weighted by Gasteiger charge is 2.28. The van der Waals surface area contributed by atoms with Gasteiger partial charge in [-0.25, -0.2) is 9.97 Å². The number of benzene rings is 2. The molecule has 0 spiro atoms. The summed E-state index contributed by atoms with van der Waals surface area (Å²) in [5.74, 6) is -1.09. The van der Waals surface area contributed by atoms with Gasteiger partial charge in [0, 0.05) is 31.1 Å². The van der Waals surface area contributed by atoms with Crippen molar-refractivity contribution in [2.24, 2.45) is 0 Å². The molecule has 0 radical (unpaired) electrons. The SMILES string of the molecule is Cc1ccc(NC(=O)C(OC(=O)CN(C)c2ncccn2)c2ccccc2)c([N+](=O)[O-])c1. The predicted octanol–water partition coefficient (Wildman–Crippen LogP) is 3.05. The predicted molar refractivity (Wildman–Crippen MR) is 117 cm³/mol. The number of aryl methyl sites for hydroxylation is 1. The van der Waals surface area contributed by atoms with Crippen LogP contribution in [0.5, 0.6) is 0 Å². The maximum Gasteiger partial charge on any atom is 0.326 e. The van der Waals surface area contributed by atoms with Crippen molar-refractivity contribution in [3.63, 3.8) is 0 Å². The molecule has 2 aromatic carbocycles. The minimum absolute atomic E-state index is 0.0115. The first-order valence-electron chi connectivity index (χ1n) is 9.63. The first-order valence-corrected chi connectivity index (χ1v) is 9.63. The van der Waals surface area contributed by atoms with Gasteiger partial charge in [0.25, 0.3) is 11.6 Å². The fourth-order valence-corrected chi connectivity index (χ4v) is 2.92. The quantitative estimate of drug-likeness (QED) is 0.325. The van der Waals surface area contributed by atoms with Gasteiger partial charge < -0.3 is 15.0 Å². The monoisotopic (exact) mass is 435 g/mol. The Kier molecular flexibility index (Phi) is 7.06. The van der Waals surface area contributed by atoms with Crippen LogP contribution in [0.4, 0.5) is 17.3 Å². The molecule has 10 heteroatoms. The third-order valence-electron chi connectivity index (χ3n) is 4.46. The minimum atomic E-state index is -1.31. The van der Waals surface area contributed by atoms with Crippen molar-refractivity contribution in [1.29, 1.82) is 0 Å². The van der Waals surface area contributed by atoms with Crippen molar-refractivity contribution in [3.8, 4) is 0 Å². The van der Waals surface area contributed by atoms with Crippen LogP contribution in [0.25, 0.3) is 0 Å². The maximum atomic E-state index is 13.0. The van der Waals surface area contributed by atoms with Gasteiger partial charge in [0.1, 0.15) is 12.2 Å². The summed E-state index contributed by atoms with van der Waals surface area (Å²) < 4.78 is 5.47. The number of hydrogen-bond donors (Lipinski definition) is 1. The van der Waals surface area contributed by atoms with E-state index in [1.54, 1.807) is 68.8 Å². The zero-order valence-electron chi connectivity index (χ0n) is 17.5. The van der Waals surface area contributed by atoms with E-state index in [0.717, 1.165) is 0 Å². The van der Waals surface area contributed by atoms with Crippen LogP contribution >= 0.6 is 0 Å². The van der Waals surface area contributed by atoms with E-state index >= 15 is 0 Å². The molecule has 0 saturated carbocycles. The van der Waals surface area contributed by atoms with E-state index in [1.165, 1.54) is 17.0 Å². The fourth-order valence-electron chi connectivity index (χ4n) is 2.92. The van der Waals surface area contributed by atoms with Crippen LogP contribution in [-0.2, 0) is 14.3 Å². The number of carbonyl (C=O) groups excluding carboxylic acids is 2. The Balaban J connectivity index is 1.80. The summed E-state index contributed by atoms with van der Waals surface area (Å²) >= 11 is 0. The van der Waals surface area contributed by atoms with Crippen LogP contribution in [-0.4, -0.2) is 40.4 Å². The minimum Gasteiger partial charge on any atom is -0.446 e. The van der Waals surface area contributed by atoms with Gasteiger partial charge in [-0.2, -0.15) is 0 Å². The standard InChI is InChI=1S/C22H21N5O5/c1-15-9-10-17(18(13-15)27(30)31)25-21(29)20(16-7-4-3-5-8-16)32-19(28)14-26(2)22-23-11-6-12-24-22/h3-13,20H,14H2,1-2H3,(H,25,29). The molecule has 1 heterocycles. The Morgan fingerprint density at radius 1 is 1.12 bits per heavy atom. The van der Waals surface area contributed by atoms with Crippen LogP contribution in [0, 0.1) is 17.0 Å². The number of likely N-dealkylation sites (N-methyl/N-ethyl adjacent to an activating group) is 1. The Bertz CT molecular complexity index is 1110. The molecule has 10 nitrogen and oxygen atoms in total. The van der Waals surface area contributed by atoms with Crippen molar-refractivity contribution < 1.29 is 19.2 Å². The molecule has 0 aliphatic carbocycles. The second kappa shape index (κ2) is 10.1. The molecule has 0 aliphatic rings. The topological polar surface area (TPSA) is 128 Å². The summed E-state index contributed by atoms with van der Waals surface area (Å²) in [6.07, 6.45) is 1.77. The number of esters is 1. The lowest BCUT2D eigenvalue weighted by molar-refractivity contribution is -0.384.